The van der Waals surface area contributed by atoms with Crippen molar-refractivity contribution in [2.24, 2.45) is 5.10 Å². The zero-order valence-electron chi connectivity index (χ0n) is 17.8. The number of carbonyl (C=O) groups excluding carboxylic acids is 1. The first-order chi connectivity index (χ1) is 16.3. The first kappa shape index (κ1) is 25.5. The predicted molar refractivity (Wildman–Crippen MR) is 134 cm³/mol. The van der Waals surface area contributed by atoms with Gasteiger partial charge < -0.3 is 9.47 Å². The van der Waals surface area contributed by atoms with Crippen LogP contribution in [0.3, 0.4) is 0 Å². The van der Waals surface area contributed by atoms with Crippen LogP contribution in [0.5, 0.6) is 11.5 Å². The molecule has 0 unspecified atom stereocenters. The maximum Gasteiger partial charge on any atom is 0.272 e. The number of ether oxygens (including phenoxy) is 2. The Labute approximate surface area is 213 Å². The van der Waals surface area contributed by atoms with E-state index in [1.54, 1.807) is 30.3 Å². The quantitative estimate of drug-likeness (QED) is 0.183. The van der Waals surface area contributed by atoms with E-state index in [1.165, 1.54) is 30.5 Å². The summed E-state index contributed by atoms with van der Waals surface area (Å²) in [7, 11) is 0. The fourth-order valence-corrected chi connectivity index (χ4v) is 3.90. The zero-order chi connectivity index (χ0) is 24.7. The molecule has 0 aliphatic heterocycles. The zero-order valence-corrected chi connectivity index (χ0v) is 20.9. The minimum atomic E-state index is -0.481. The summed E-state index contributed by atoms with van der Waals surface area (Å²) in [5.41, 5.74) is 4.07. The Hall–Kier alpha value is -3.14. The Morgan fingerprint density at radius 2 is 1.88 bits per heavy atom. The van der Waals surface area contributed by atoms with Crippen molar-refractivity contribution in [2.45, 2.75) is 13.5 Å². The Bertz CT molecular complexity index is 1240. The number of halogens is 3. The van der Waals surface area contributed by atoms with E-state index in [0.29, 0.717) is 33.2 Å². The Balaban J connectivity index is 1.72. The molecule has 0 radical (unpaired) electrons. The number of hydrogen-bond donors (Lipinski definition) is 1. The van der Waals surface area contributed by atoms with Crippen molar-refractivity contribution in [3.63, 3.8) is 0 Å². The van der Waals surface area contributed by atoms with E-state index in [9.17, 15) is 14.9 Å². The van der Waals surface area contributed by atoms with E-state index in [-0.39, 0.29) is 22.9 Å². The third kappa shape index (κ3) is 6.69. The van der Waals surface area contributed by atoms with Crippen LogP contribution in [0.4, 0.5) is 5.69 Å². The van der Waals surface area contributed by atoms with Gasteiger partial charge in [-0.05, 0) is 76.4 Å². The number of carbonyl (C=O) groups is 1. The lowest BCUT2D eigenvalue weighted by Gasteiger charge is -2.14. The van der Waals surface area contributed by atoms with E-state index >= 15 is 0 Å². The van der Waals surface area contributed by atoms with Crippen LogP contribution in [0.15, 0.2) is 64.2 Å². The highest BCUT2D eigenvalue weighted by Gasteiger charge is 2.14. The first-order valence-corrected chi connectivity index (χ1v) is 11.4. The van der Waals surface area contributed by atoms with Crippen LogP contribution in [-0.2, 0) is 6.61 Å². The van der Waals surface area contributed by atoms with Crippen LogP contribution in [-0.4, -0.2) is 23.7 Å². The van der Waals surface area contributed by atoms with Gasteiger partial charge in [-0.1, -0.05) is 23.2 Å². The molecule has 3 rings (SSSR count). The SMILES string of the molecule is CCOc1cc(/C=N\NC(=O)c2ccc(Cl)cc2Cl)cc(Br)c1OCc1ccc([N+](=O)[O-])cc1. The van der Waals surface area contributed by atoms with Crippen LogP contribution in [0.1, 0.15) is 28.4 Å². The molecule has 0 fully saturated rings. The van der Waals surface area contributed by atoms with Crippen molar-refractivity contribution in [1.82, 2.24) is 5.43 Å². The van der Waals surface area contributed by atoms with Gasteiger partial charge in [-0.15, -0.1) is 0 Å². The summed E-state index contributed by atoms with van der Waals surface area (Å²) in [6, 6.07) is 14.1. The van der Waals surface area contributed by atoms with Crippen LogP contribution >= 0.6 is 39.1 Å². The van der Waals surface area contributed by atoms with E-state index in [4.69, 9.17) is 32.7 Å². The van der Waals surface area contributed by atoms with Gasteiger partial charge in [0.15, 0.2) is 11.5 Å². The van der Waals surface area contributed by atoms with Gasteiger partial charge in [0.2, 0.25) is 0 Å². The number of hydrazone groups is 1. The Morgan fingerprint density at radius 1 is 1.15 bits per heavy atom. The second-order valence-corrected chi connectivity index (χ2v) is 8.50. The number of hydrogen-bond acceptors (Lipinski definition) is 6. The van der Waals surface area contributed by atoms with E-state index in [1.807, 2.05) is 6.92 Å². The van der Waals surface area contributed by atoms with Gasteiger partial charge in [0.05, 0.1) is 32.8 Å². The largest absolute Gasteiger partial charge is 0.490 e. The maximum absolute atomic E-state index is 12.3. The van der Waals surface area contributed by atoms with Crippen molar-refractivity contribution >= 4 is 56.9 Å². The topological polar surface area (TPSA) is 103 Å². The minimum absolute atomic E-state index is 0.00833. The fraction of sp³-hybridized carbons (Fsp3) is 0.130. The summed E-state index contributed by atoms with van der Waals surface area (Å²) in [5, 5.41) is 15.4. The number of nitrogens with zero attached hydrogens (tertiary/aromatic N) is 2. The summed E-state index contributed by atoms with van der Waals surface area (Å²) in [5.74, 6) is 0.451. The monoisotopic (exact) mass is 565 g/mol. The first-order valence-electron chi connectivity index (χ1n) is 9.89. The predicted octanol–water partition coefficient (Wildman–Crippen LogP) is 6.41. The molecule has 0 saturated carbocycles. The van der Waals surface area contributed by atoms with E-state index < -0.39 is 10.8 Å². The number of nitro groups is 1. The van der Waals surface area contributed by atoms with Gasteiger partial charge in [-0.2, -0.15) is 5.10 Å². The molecule has 34 heavy (non-hydrogen) atoms. The highest BCUT2D eigenvalue weighted by atomic mass is 79.9. The van der Waals surface area contributed by atoms with Crippen molar-refractivity contribution in [2.75, 3.05) is 6.61 Å². The molecule has 0 aromatic heterocycles. The molecular weight excluding hydrogens is 549 g/mol. The molecule has 11 heteroatoms. The second-order valence-electron chi connectivity index (χ2n) is 6.80. The van der Waals surface area contributed by atoms with E-state index in [0.717, 1.165) is 5.56 Å². The average Bonchev–Trinajstić information content (AvgIpc) is 2.79. The smallest absolute Gasteiger partial charge is 0.272 e. The molecule has 0 atom stereocenters. The molecule has 1 amide bonds. The molecule has 0 heterocycles. The fourth-order valence-electron chi connectivity index (χ4n) is 2.83. The maximum atomic E-state index is 12.3. The van der Waals surface area contributed by atoms with Gasteiger partial charge in [-0.25, -0.2) is 5.43 Å². The van der Waals surface area contributed by atoms with Crippen molar-refractivity contribution in [1.29, 1.82) is 0 Å². The molecule has 176 valence electrons. The Kier molecular flexibility index (Phi) is 8.86. The summed E-state index contributed by atoms with van der Waals surface area (Å²) < 4.78 is 12.2. The summed E-state index contributed by atoms with van der Waals surface area (Å²) in [6.07, 6.45) is 1.45. The standard InChI is InChI=1S/C23H18BrCl2N3O5/c1-2-33-21-10-15(12-27-28-23(30)18-8-5-16(25)11-20(18)26)9-19(24)22(21)34-13-14-3-6-17(7-4-14)29(31)32/h3-12H,2,13H2,1H3,(H,28,30)/b27-12-. The van der Waals surface area contributed by atoms with Gasteiger partial charge in [-0.3, -0.25) is 14.9 Å². The average molecular weight is 567 g/mol. The normalized spacial score (nSPS) is 10.8. The molecule has 0 bridgehead atoms. The lowest BCUT2D eigenvalue weighted by molar-refractivity contribution is -0.384. The van der Waals surface area contributed by atoms with Crippen molar-refractivity contribution in [3.05, 3.63) is 95.9 Å². The third-order valence-electron chi connectivity index (χ3n) is 4.42. The second kappa shape index (κ2) is 11.8. The molecule has 0 spiro atoms. The molecule has 0 aliphatic carbocycles. The van der Waals surface area contributed by atoms with Crippen molar-refractivity contribution < 1.29 is 19.2 Å². The summed E-state index contributed by atoms with van der Waals surface area (Å²) >= 11 is 15.4. The lowest BCUT2D eigenvalue weighted by Crippen LogP contribution is -2.18. The molecule has 0 saturated heterocycles. The lowest BCUT2D eigenvalue weighted by atomic mass is 10.2. The number of rotatable bonds is 9. The summed E-state index contributed by atoms with van der Waals surface area (Å²) in [6.45, 7) is 2.42. The van der Waals surface area contributed by atoms with Gasteiger partial charge in [0.1, 0.15) is 6.61 Å². The van der Waals surface area contributed by atoms with Crippen LogP contribution in [0, 0.1) is 10.1 Å². The molecule has 1 N–H and O–H groups in total. The molecule has 8 nitrogen and oxygen atoms in total. The van der Waals surface area contributed by atoms with Crippen molar-refractivity contribution in [3.8, 4) is 11.5 Å². The van der Waals surface area contributed by atoms with Gasteiger partial charge >= 0.3 is 0 Å². The number of non-ortho nitro benzene ring substituents is 1. The van der Waals surface area contributed by atoms with Crippen LogP contribution < -0.4 is 14.9 Å². The molecule has 0 aliphatic rings. The minimum Gasteiger partial charge on any atom is -0.490 e. The van der Waals surface area contributed by atoms with E-state index in [2.05, 4.69) is 26.5 Å². The third-order valence-corrected chi connectivity index (χ3v) is 5.55. The van der Waals surface area contributed by atoms with Crippen LogP contribution in [0.2, 0.25) is 10.0 Å². The number of amides is 1. The number of nitrogens with one attached hydrogen (secondary N) is 1. The molecule has 3 aromatic carbocycles. The molecular formula is C23H18BrCl2N3O5. The van der Waals surface area contributed by atoms with Crippen LogP contribution in [0.25, 0.3) is 0 Å². The summed E-state index contributed by atoms with van der Waals surface area (Å²) in [4.78, 5) is 22.6. The number of nitro benzene ring substituents is 1. The highest BCUT2D eigenvalue weighted by Crippen LogP contribution is 2.37. The number of benzene rings is 3. The van der Waals surface area contributed by atoms with Gasteiger partial charge in [0.25, 0.3) is 11.6 Å². The van der Waals surface area contributed by atoms with Gasteiger partial charge in [0, 0.05) is 17.2 Å². The molecule has 3 aromatic rings. The Morgan fingerprint density at radius 3 is 2.53 bits per heavy atom. The highest BCUT2D eigenvalue weighted by molar-refractivity contribution is 9.10.